The fourth-order valence-corrected chi connectivity index (χ4v) is 2.73. The van der Waals surface area contributed by atoms with Crippen molar-refractivity contribution in [1.29, 1.82) is 0 Å². The molecule has 6 heteroatoms. The topological polar surface area (TPSA) is 68.0 Å². The van der Waals surface area contributed by atoms with E-state index >= 15 is 0 Å². The molecule has 2 aromatic carbocycles. The Bertz CT molecular complexity index is 1060. The number of anilines is 1. The number of carbonyl (C=O) groups is 1. The van der Waals surface area contributed by atoms with Gasteiger partial charge in [-0.05, 0) is 30.3 Å². The van der Waals surface area contributed by atoms with Crippen LogP contribution in [0.1, 0.15) is 10.6 Å². The number of hydrogen-bond donors (Lipinski definition) is 1. The number of nitrogens with zero attached hydrogens (tertiary/aromatic N) is 2. The van der Waals surface area contributed by atoms with Crippen LogP contribution in [0, 0.1) is 0 Å². The Morgan fingerprint density at radius 3 is 2.15 bits per heavy atom. The molecular formula is C21H14ClN3O2. The van der Waals surface area contributed by atoms with Gasteiger partial charge in [0.2, 0.25) is 5.95 Å². The summed E-state index contributed by atoms with van der Waals surface area (Å²) in [6.45, 7) is 0. The maximum absolute atomic E-state index is 12.3. The lowest BCUT2D eigenvalue weighted by Gasteiger charge is -2.09. The lowest BCUT2D eigenvalue weighted by Crippen LogP contribution is -2.14. The molecule has 0 spiro atoms. The van der Waals surface area contributed by atoms with Crippen LogP contribution in [-0.4, -0.2) is 15.9 Å². The van der Waals surface area contributed by atoms with Gasteiger partial charge in [0.15, 0.2) is 5.76 Å². The van der Waals surface area contributed by atoms with Crippen molar-refractivity contribution >= 4 is 23.5 Å². The fourth-order valence-electron chi connectivity index (χ4n) is 2.60. The Labute approximate surface area is 160 Å². The second kappa shape index (κ2) is 7.43. The average molecular weight is 376 g/mol. The van der Waals surface area contributed by atoms with E-state index in [0.29, 0.717) is 16.4 Å². The Kier molecular flexibility index (Phi) is 4.68. The molecule has 0 saturated carbocycles. The summed E-state index contributed by atoms with van der Waals surface area (Å²) >= 11 is 5.98. The predicted octanol–water partition coefficient (Wildman–Crippen LogP) is 5.31. The van der Waals surface area contributed by atoms with Crippen molar-refractivity contribution in [3.05, 3.63) is 89.8 Å². The molecule has 0 bridgehead atoms. The molecule has 0 atom stereocenters. The van der Waals surface area contributed by atoms with E-state index in [0.717, 1.165) is 11.1 Å². The van der Waals surface area contributed by atoms with Crippen molar-refractivity contribution in [2.75, 3.05) is 5.32 Å². The van der Waals surface area contributed by atoms with Crippen LogP contribution >= 0.6 is 11.6 Å². The van der Waals surface area contributed by atoms with Crippen molar-refractivity contribution in [3.8, 4) is 22.5 Å². The molecule has 2 heterocycles. The lowest BCUT2D eigenvalue weighted by atomic mass is 10.1. The summed E-state index contributed by atoms with van der Waals surface area (Å²) in [6.07, 6.45) is 1.44. The van der Waals surface area contributed by atoms with Crippen molar-refractivity contribution < 1.29 is 9.21 Å². The molecular weight excluding hydrogens is 362 g/mol. The Hall–Kier alpha value is -3.44. The molecule has 0 saturated heterocycles. The van der Waals surface area contributed by atoms with E-state index in [9.17, 15) is 4.79 Å². The maximum Gasteiger partial charge on any atom is 0.293 e. The number of aromatic nitrogens is 2. The summed E-state index contributed by atoms with van der Waals surface area (Å²) in [4.78, 5) is 21.3. The van der Waals surface area contributed by atoms with E-state index in [2.05, 4.69) is 15.3 Å². The quantitative estimate of drug-likeness (QED) is 0.525. The highest BCUT2D eigenvalue weighted by molar-refractivity contribution is 6.30. The van der Waals surface area contributed by atoms with Crippen molar-refractivity contribution in [2.24, 2.45) is 0 Å². The molecule has 27 heavy (non-hydrogen) atoms. The number of carbonyl (C=O) groups excluding carboxylic acids is 1. The number of hydrogen-bond acceptors (Lipinski definition) is 4. The van der Waals surface area contributed by atoms with Gasteiger partial charge in [-0.1, -0.05) is 54.1 Å². The van der Waals surface area contributed by atoms with Gasteiger partial charge >= 0.3 is 0 Å². The summed E-state index contributed by atoms with van der Waals surface area (Å²) in [5, 5.41) is 3.34. The SMILES string of the molecule is O=C(Nc1nc(-c2ccccc2)cc(-c2ccc(Cl)cc2)n1)c1ccco1. The molecule has 2 aromatic heterocycles. The lowest BCUT2D eigenvalue weighted by molar-refractivity contribution is 0.0996. The Morgan fingerprint density at radius 1 is 0.852 bits per heavy atom. The van der Waals surface area contributed by atoms with Gasteiger partial charge in [-0.15, -0.1) is 0 Å². The maximum atomic E-state index is 12.3. The molecule has 0 fully saturated rings. The molecule has 1 amide bonds. The Morgan fingerprint density at radius 2 is 1.52 bits per heavy atom. The smallest absolute Gasteiger partial charge is 0.293 e. The molecule has 0 unspecified atom stereocenters. The van der Waals surface area contributed by atoms with E-state index in [-0.39, 0.29) is 11.7 Å². The third-order valence-corrected chi connectivity index (χ3v) is 4.16. The minimum atomic E-state index is -0.410. The van der Waals surface area contributed by atoms with Crippen LogP contribution in [-0.2, 0) is 0 Å². The first-order valence-corrected chi connectivity index (χ1v) is 8.62. The number of furan rings is 1. The van der Waals surface area contributed by atoms with Crippen LogP contribution in [0.3, 0.4) is 0 Å². The highest BCUT2D eigenvalue weighted by atomic mass is 35.5. The third-order valence-electron chi connectivity index (χ3n) is 3.91. The molecule has 4 rings (SSSR count). The van der Waals surface area contributed by atoms with Crippen LogP contribution in [0.5, 0.6) is 0 Å². The van der Waals surface area contributed by atoms with Crippen LogP contribution in [0.2, 0.25) is 5.02 Å². The molecule has 132 valence electrons. The molecule has 5 nitrogen and oxygen atoms in total. The third kappa shape index (κ3) is 3.88. The first-order valence-electron chi connectivity index (χ1n) is 8.24. The minimum absolute atomic E-state index is 0.191. The highest BCUT2D eigenvalue weighted by Gasteiger charge is 2.14. The zero-order valence-electron chi connectivity index (χ0n) is 14.1. The second-order valence-corrected chi connectivity index (χ2v) is 6.20. The zero-order chi connectivity index (χ0) is 18.6. The van der Waals surface area contributed by atoms with Gasteiger partial charge in [0, 0.05) is 16.1 Å². The van der Waals surface area contributed by atoms with Gasteiger partial charge < -0.3 is 4.42 Å². The summed E-state index contributed by atoms with van der Waals surface area (Å²) in [6, 6.07) is 22.1. The standard InChI is InChI=1S/C21H14ClN3O2/c22-16-10-8-15(9-11-16)18-13-17(14-5-2-1-3-6-14)23-21(24-18)25-20(26)19-7-4-12-27-19/h1-13H,(H,23,24,25,26). The van der Waals surface area contributed by atoms with Gasteiger partial charge in [0.25, 0.3) is 5.91 Å². The highest BCUT2D eigenvalue weighted by Crippen LogP contribution is 2.26. The number of benzene rings is 2. The van der Waals surface area contributed by atoms with Gasteiger partial charge in [0.05, 0.1) is 17.7 Å². The molecule has 1 N–H and O–H groups in total. The monoisotopic (exact) mass is 375 g/mol. The van der Waals surface area contributed by atoms with Gasteiger partial charge in [-0.2, -0.15) is 0 Å². The summed E-state index contributed by atoms with van der Waals surface area (Å²) in [7, 11) is 0. The van der Waals surface area contributed by atoms with Crippen LogP contribution < -0.4 is 5.32 Å². The Balaban J connectivity index is 1.76. The summed E-state index contributed by atoms with van der Waals surface area (Å²) in [5.41, 5.74) is 3.16. The number of nitrogens with one attached hydrogen (secondary N) is 1. The number of amides is 1. The van der Waals surface area contributed by atoms with Crippen LogP contribution in [0.15, 0.2) is 83.5 Å². The second-order valence-electron chi connectivity index (χ2n) is 5.77. The van der Waals surface area contributed by atoms with Crippen LogP contribution in [0.4, 0.5) is 5.95 Å². The average Bonchev–Trinajstić information content (AvgIpc) is 3.24. The van der Waals surface area contributed by atoms with Gasteiger partial charge in [0.1, 0.15) is 0 Å². The van der Waals surface area contributed by atoms with Gasteiger partial charge in [-0.25, -0.2) is 9.97 Å². The van der Waals surface area contributed by atoms with E-state index in [1.54, 1.807) is 24.3 Å². The van der Waals surface area contributed by atoms with Crippen LogP contribution in [0.25, 0.3) is 22.5 Å². The van der Waals surface area contributed by atoms with Gasteiger partial charge in [-0.3, -0.25) is 10.1 Å². The largest absolute Gasteiger partial charge is 0.459 e. The van der Waals surface area contributed by atoms with Crippen molar-refractivity contribution in [1.82, 2.24) is 9.97 Å². The summed E-state index contributed by atoms with van der Waals surface area (Å²) in [5.74, 6) is -0.0215. The first-order chi connectivity index (χ1) is 13.2. The fraction of sp³-hybridized carbons (Fsp3) is 0. The van der Waals surface area contributed by atoms with Crippen molar-refractivity contribution in [3.63, 3.8) is 0 Å². The number of rotatable bonds is 4. The van der Waals surface area contributed by atoms with E-state index in [4.69, 9.17) is 16.0 Å². The molecule has 0 radical (unpaired) electrons. The predicted molar refractivity (Wildman–Crippen MR) is 105 cm³/mol. The van der Waals surface area contributed by atoms with E-state index < -0.39 is 5.91 Å². The van der Waals surface area contributed by atoms with Crippen molar-refractivity contribution in [2.45, 2.75) is 0 Å². The molecule has 0 aliphatic rings. The minimum Gasteiger partial charge on any atom is -0.459 e. The van der Waals surface area contributed by atoms with E-state index in [1.807, 2.05) is 48.5 Å². The normalized spacial score (nSPS) is 10.6. The summed E-state index contributed by atoms with van der Waals surface area (Å²) < 4.78 is 5.13. The molecule has 0 aliphatic carbocycles. The number of halogens is 1. The first kappa shape index (κ1) is 17.0. The zero-order valence-corrected chi connectivity index (χ0v) is 14.9. The van der Waals surface area contributed by atoms with E-state index in [1.165, 1.54) is 6.26 Å². The molecule has 0 aliphatic heterocycles. The molecule has 4 aromatic rings.